The first-order valence-corrected chi connectivity index (χ1v) is 5.35. The van der Waals surface area contributed by atoms with Gasteiger partial charge in [0.05, 0.1) is 13.7 Å². The van der Waals surface area contributed by atoms with Gasteiger partial charge in [0.2, 0.25) is 5.91 Å². The van der Waals surface area contributed by atoms with Crippen LogP contribution in [0.2, 0.25) is 0 Å². The number of amides is 1. The molecule has 92 valence electrons. The van der Waals surface area contributed by atoms with Crippen molar-refractivity contribution in [1.82, 2.24) is 4.90 Å². The van der Waals surface area contributed by atoms with Crippen LogP contribution in [-0.2, 0) is 4.79 Å². The highest BCUT2D eigenvalue weighted by Gasteiger charge is 2.02. The number of nitrogens with zero attached hydrogens (tertiary/aromatic N) is 1. The van der Waals surface area contributed by atoms with Crippen LogP contribution in [0.4, 0.5) is 0 Å². The Kier molecular flexibility index (Phi) is 5.23. The van der Waals surface area contributed by atoms with E-state index >= 15 is 0 Å². The van der Waals surface area contributed by atoms with Crippen molar-refractivity contribution in [3.63, 3.8) is 0 Å². The lowest BCUT2D eigenvalue weighted by molar-refractivity contribution is -0.125. The van der Waals surface area contributed by atoms with E-state index in [4.69, 9.17) is 9.84 Å². The van der Waals surface area contributed by atoms with Crippen LogP contribution in [0.15, 0.2) is 30.3 Å². The Bertz CT molecular complexity index is 384. The topological polar surface area (TPSA) is 49.8 Å². The van der Waals surface area contributed by atoms with E-state index in [1.807, 2.05) is 24.3 Å². The summed E-state index contributed by atoms with van der Waals surface area (Å²) in [5.41, 5.74) is 0.927. The second-order valence-electron chi connectivity index (χ2n) is 3.59. The third-order valence-electron chi connectivity index (χ3n) is 2.35. The molecule has 0 atom stereocenters. The molecule has 0 saturated carbocycles. The van der Waals surface area contributed by atoms with Gasteiger partial charge in [0.15, 0.2) is 0 Å². The Balaban J connectivity index is 2.60. The molecule has 1 N–H and O–H groups in total. The summed E-state index contributed by atoms with van der Waals surface area (Å²) in [6.45, 7) is 0.310. The maximum atomic E-state index is 11.5. The largest absolute Gasteiger partial charge is 0.497 e. The van der Waals surface area contributed by atoms with Crippen molar-refractivity contribution in [1.29, 1.82) is 0 Å². The van der Waals surface area contributed by atoms with Crippen LogP contribution >= 0.6 is 0 Å². The number of carbonyl (C=O) groups excluding carboxylic acids is 1. The van der Waals surface area contributed by atoms with Gasteiger partial charge in [-0.1, -0.05) is 12.1 Å². The van der Waals surface area contributed by atoms with Crippen molar-refractivity contribution in [3.05, 3.63) is 35.9 Å². The van der Waals surface area contributed by atoms with Gasteiger partial charge < -0.3 is 14.7 Å². The van der Waals surface area contributed by atoms with Gasteiger partial charge in [-0.05, 0) is 23.8 Å². The van der Waals surface area contributed by atoms with Gasteiger partial charge in [-0.3, -0.25) is 4.79 Å². The minimum Gasteiger partial charge on any atom is -0.497 e. The van der Waals surface area contributed by atoms with E-state index in [2.05, 4.69) is 0 Å². The number of hydrogen-bond donors (Lipinski definition) is 1. The number of ether oxygens (including phenoxy) is 1. The molecule has 0 aliphatic carbocycles. The molecular formula is C13H17NO3. The summed E-state index contributed by atoms with van der Waals surface area (Å²) >= 11 is 0. The molecular weight excluding hydrogens is 218 g/mol. The molecule has 1 aromatic rings. The molecule has 0 radical (unpaired) electrons. The fourth-order valence-corrected chi connectivity index (χ4v) is 1.27. The normalized spacial score (nSPS) is 10.5. The molecule has 17 heavy (non-hydrogen) atoms. The van der Waals surface area contributed by atoms with E-state index in [1.54, 1.807) is 20.2 Å². The molecule has 0 saturated heterocycles. The summed E-state index contributed by atoms with van der Waals surface area (Å²) in [7, 11) is 3.26. The van der Waals surface area contributed by atoms with Crippen LogP contribution in [-0.4, -0.2) is 43.2 Å². The first-order chi connectivity index (χ1) is 8.17. The number of likely N-dealkylation sites (N-methyl/N-ethyl adjacent to an activating group) is 1. The first kappa shape index (κ1) is 13.3. The fourth-order valence-electron chi connectivity index (χ4n) is 1.27. The van der Waals surface area contributed by atoms with E-state index in [0.29, 0.717) is 6.54 Å². The number of aliphatic hydroxyl groups excluding tert-OH is 1. The molecule has 0 fully saturated rings. The maximum absolute atomic E-state index is 11.5. The van der Waals surface area contributed by atoms with Gasteiger partial charge in [-0.2, -0.15) is 0 Å². The van der Waals surface area contributed by atoms with E-state index in [-0.39, 0.29) is 12.5 Å². The van der Waals surface area contributed by atoms with Crippen LogP contribution in [0.3, 0.4) is 0 Å². The predicted molar refractivity (Wildman–Crippen MR) is 66.8 cm³/mol. The average molecular weight is 235 g/mol. The van der Waals surface area contributed by atoms with Crippen molar-refractivity contribution in [2.75, 3.05) is 27.3 Å². The van der Waals surface area contributed by atoms with E-state index in [9.17, 15) is 4.79 Å². The fraction of sp³-hybridized carbons (Fsp3) is 0.308. The Morgan fingerprint density at radius 1 is 1.41 bits per heavy atom. The van der Waals surface area contributed by atoms with Crippen molar-refractivity contribution in [2.45, 2.75) is 0 Å². The number of rotatable bonds is 5. The Morgan fingerprint density at radius 2 is 2.06 bits per heavy atom. The van der Waals surface area contributed by atoms with Gasteiger partial charge in [-0.25, -0.2) is 0 Å². The van der Waals surface area contributed by atoms with Crippen molar-refractivity contribution in [2.24, 2.45) is 0 Å². The maximum Gasteiger partial charge on any atom is 0.246 e. The summed E-state index contributed by atoms with van der Waals surface area (Å²) in [6.07, 6.45) is 3.22. The Morgan fingerprint density at radius 3 is 2.59 bits per heavy atom. The van der Waals surface area contributed by atoms with Crippen LogP contribution < -0.4 is 4.74 Å². The van der Waals surface area contributed by atoms with E-state index in [1.165, 1.54) is 11.0 Å². The molecule has 1 rings (SSSR count). The van der Waals surface area contributed by atoms with Crippen LogP contribution in [0.25, 0.3) is 6.08 Å². The lowest BCUT2D eigenvalue weighted by atomic mass is 10.2. The summed E-state index contributed by atoms with van der Waals surface area (Å²) in [6, 6.07) is 7.41. The highest BCUT2D eigenvalue weighted by atomic mass is 16.5. The average Bonchev–Trinajstić information content (AvgIpc) is 2.36. The summed E-state index contributed by atoms with van der Waals surface area (Å²) < 4.78 is 5.04. The molecule has 4 nitrogen and oxygen atoms in total. The molecule has 0 bridgehead atoms. The molecule has 0 aliphatic rings. The molecule has 0 aromatic heterocycles. The lowest BCUT2D eigenvalue weighted by Gasteiger charge is -2.12. The summed E-state index contributed by atoms with van der Waals surface area (Å²) in [5.74, 6) is 0.653. The van der Waals surface area contributed by atoms with Gasteiger partial charge in [0.25, 0.3) is 0 Å². The van der Waals surface area contributed by atoms with Crippen molar-refractivity contribution < 1.29 is 14.6 Å². The highest BCUT2D eigenvalue weighted by Crippen LogP contribution is 2.12. The predicted octanol–water partition coefficient (Wildman–Crippen LogP) is 1.16. The van der Waals surface area contributed by atoms with E-state index in [0.717, 1.165) is 11.3 Å². The minimum absolute atomic E-state index is 0.0292. The Hall–Kier alpha value is -1.81. The second kappa shape index (κ2) is 6.70. The molecule has 1 aromatic carbocycles. The number of carbonyl (C=O) groups is 1. The Labute approximate surface area is 101 Å². The van der Waals surface area contributed by atoms with Crippen molar-refractivity contribution >= 4 is 12.0 Å². The van der Waals surface area contributed by atoms with E-state index < -0.39 is 0 Å². The smallest absolute Gasteiger partial charge is 0.246 e. The van der Waals surface area contributed by atoms with Crippen molar-refractivity contribution in [3.8, 4) is 5.75 Å². The SMILES string of the molecule is COc1ccc(C=CC(=O)N(C)CCO)cc1. The number of methoxy groups -OCH3 is 1. The van der Waals surface area contributed by atoms with Crippen LogP contribution in [0, 0.1) is 0 Å². The first-order valence-electron chi connectivity index (χ1n) is 5.35. The molecule has 0 spiro atoms. The number of aliphatic hydroxyl groups is 1. The van der Waals surface area contributed by atoms with Crippen LogP contribution in [0.1, 0.15) is 5.56 Å². The van der Waals surface area contributed by atoms with Gasteiger partial charge in [-0.15, -0.1) is 0 Å². The zero-order valence-electron chi connectivity index (χ0n) is 10.1. The molecule has 0 aliphatic heterocycles. The summed E-state index contributed by atoms with van der Waals surface area (Å²) in [5, 5.41) is 8.70. The molecule has 1 amide bonds. The van der Waals surface area contributed by atoms with Crippen LogP contribution in [0.5, 0.6) is 5.75 Å². The lowest BCUT2D eigenvalue weighted by Crippen LogP contribution is -2.27. The van der Waals surface area contributed by atoms with Gasteiger partial charge in [0, 0.05) is 19.7 Å². The number of benzene rings is 1. The molecule has 4 heteroatoms. The zero-order valence-corrected chi connectivity index (χ0v) is 10.1. The summed E-state index contributed by atoms with van der Waals surface area (Å²) in [4.78, 5) is 13.0. The third-order valence-corrected chi connectivity index (χ3v) is 2.35. The zero-order chi connectivity index (χ0) is 12.7. The molecule has 0 unspecified atom stereocenters. The second-order valence-corrected chi connectivity index (χ2v) is 3.59. The van der Waals surface area contributed by atoms with Gasteiger partial charge in [0.1, 0.15) is 5.75 Å². The third kappa shape index (κ3) is 4.28. The number of hydrogen-bond acceptors (Lipinski definition) is 3. The minimum atomic E-state index is -0.130. The highest BCUT2D eigenvalue weighted by molar-refractivity contribution is 5.91. The monoisotopic (exact) mass is 235 g/mol. The van der Waals surface area contributed by atoms with Gasteiger partial charge >= 0.3 is 0 Å². The quantitative estimate of drug-likeness (QED) is 0.779. The molecule has 0 heterocycles. The standard InChI is InChI=1S/C13H17NO3/c1-14(9-10-15)13(16)8-5-11-3-6-12(17-2)7-4-11/h3-8,15H,9-10H2,1-2H3.